The number of hydrogen-bond donors (Lipinski definition) is 1. The third-order valence-electron chi connectivity index (χ3n) is 3.28. The SMILES string of the molecule is Cc1nn2c(=O)cc(COC(=O)CNC(=O)c3ccc(Cl)cc3)nc2s1. The van der Waals surface area contributed by atoms with Gasteiger partial charge in [-0.05, 0) is 31.2 Å². The number of amides is 1. The second-order valence-electron chi connectivity index (χ2n) is 5.25. The number of halogens is 1. The number of hydrogen-bond acceptors (Lipinski definition) is 7. The first-order chi connectivity index (χ1) is 12.4. The Morgan fingerprint density at radius 1 is 1.31 bits per heavy atom. The van der Waals surface area contributed by atoms with Gasteiger partial charge in [-0.1, -0.05) is 22.9 Å². The van der Waals surface area contributed by atoms with E-state index in [1.807, 2.05) is 0 Å². The maximum absolute atomic E-state index is 11.9. The molecule has 8 nitrogen and oxygen atoms in total. The topological polar surface area (TPSA) is 103 Å². The highest BCUT2D eigenvalue weighted by Gasteiger charge is 2.11. The van der Waals surface area contributed by atoms with Crippen molar-refractivity contribution in [3.8, 4) is 0 Å². The summed E-state index contributed by atoms with van der Waals surface area (Å²) in [6.45, 7) is 1.29. The van der Waals surface area contributed by atoms with Gasteiger partial charge < -0.3 is 10.1 Å². The number of nitrogens with one attached hydrogen (secondary N) is 1. The van der Waals surface area contributed by atoms with E-state index in [1.165, 1.54) is 21.9 Å². The molecule has 0 fully saturated rings. The molecule has 1 N–H and O–H groups in total. The second kappa shape index (κ2) is 7.63. The molecule has 0 aliphatic rings. The van der Waals surface area contributed by atoms with Gasteiger partial charge in [-0.25, -0.2) is 4.98 Å². The number of esters is 1. The van der Waals surface area contributed by atoms with E-state index in [-0.39, 0.29) is 18.7 Å². The van der Waals surface area contributed by atoms with Gasteiger partial charge in [-0.3, -0.25) is 14.4 Å². The molecule has 3 rings (SSSR count). The van der Waals surface area contributed by atoms with Gasteiger partial charge in [0.05, 0.1) is 5.69 Å². The summed E-state index contributed by atoms with van der Waals surface area (Å²) >= 11 is 7.01. The molecule has 1 amide bonds. The van der Waals surface area contributed by atoms with Crippen LogP contribution in [0.2, 0.25) is 5.02 Å². The number of fused-ring (bicyclic) bond motifs is 1. The van der Waals surface area contributed by atoms with E-state index >= 15 is 0 Å². The zero-order chi connectivity index (χ0) is 18.7. The summed E-state index contributed by atoms with van der Waals surface area (Å²) in [5.74, 6) is -1.06. The van der Waals surface area contributed by atoms with Crippen LogP contribution in [-0.4, -0.2) is 33.0 Å². The Labute approximate surface area is 156 Å². The first-order valence-electron chi connectivity index (χ1n) is 7.48. The van der Waals surface area contributed by atoms with Crippen molar-refractivity contribution in [3.63, 3.8) is 0 Å². The first-order valence-corrected chi connectivity index (χ1v) is 8.67. The summed E-state index contributed by atoms with van der Waals surface area (Å²) in [6, 6.07) is 7.51. The monoisotopic (exact) mass is 392 g/mol. The van der Waals surface area contributed by atoms with E-state index in [9.17, 15) is 14.4 Å². The molecule has 10 heteroatoms. The van der Waals surface area contributed by atoms with E-state index < -0.39 is 11.9 Å². The van der Waals surface area contributed by atoms with Crippen molar-refractivity contribution in [2.45, 2.75) is 13.5 Å². The summed E-state index contributed by atoms with van der Waals surface area (Å²) in [4.78, 5) is 40.2. The number of aromatic nitrogens is 3. The summed E-state index contributed by atoms with van der Waals surface area (Å²) in [7, 11) is 0. The lowest BCUT2D eigenvalue weighted by Crippen LogP contribution is -2.30. The van der Waals surface area contributed by atoms with Gasteiger partial charge in [0.15, 0.2) is 0 Å². The summed E-state index contributed by atoms with van der Waals surface area (Å²) in [6.07, 6.45) is 0. The summed E-state index contributed by atoms with van der Waals surface area (Å²) in [5, 5.41) is 7.69. The molecule has 26 heavy (non-hydrogen) atoms. The maximum Gasteiger partial charge on any atom is 0.325 e. The van der Waals surface area contributed by atoms with Crippen LogP contribution >= 0.6 is 22.9 Å². The van der Waals surface area contributed by atoms with Crippen molar-refractivity contribution in [3.05, 3.63) is 62.0 Å². The van der Waals surface area contributed by atoms with Gasteiger partial charge in [0, 0.05) is 16.7 Å². The third-order valence-corrected chi connectivity index (χ3v) is 4.36. The van der Waals surface area contributed by atoms with Crippen LogP contribution in [0.3, 0.4) is 0 Å². The minimum atomic E-state index is -0.644. The highest BCUT2D eigenvalue weighted by molar-refractivity contribution is 7.16. The highest BCUT2D eigenvalue weighted by atomic mass is 35.5. The van der Waals surface area contributed by atoms with Crippen molar-refractivity contribution in [1.29, 1.82) is 0 Å². The maximum atomic E-state index is 11.9. The Morgan fingerprint density at radius 3 is 2.77 bits per heavy atom. The third kappa shape index (κ3) is 4.24. The molecule has 0 aliphatic heterocycles. The zero-order valence-corrected chi connectivity index (χ0v) is 15.1. The largest absolute Gasteiger partial charge is 0.458 e. The van der Waals surface area contributed by atoms with Crippen molar-refractivity contribution >= 4 is 39.8 Å². The van der Waals surface area contributed by atoms with Crippen LogP contribution in [0.5, 0.6) is 0 Å². The zero-order valence-electron chi connectivity index (χ0n) is 13.6. The minimum absolute atomic E-state index is 0.168. The Kier molecular flexibility index (Phi) is 5.29. The molecule has 0 saturated carbocycles. The number of benzene rings is 1. The summed E-state index contributed by atoms with van der Waals surface area (Å²) in [5.41, 5.74) is 0.348. The van der Waals surface area contributed by atoms with E-state index in [4.69, 9.17) is 16.3 Å². The molecular formula is C16H13ClN4O4S. The number of ether oxygens (including phenoxy) is 1. The van der Waals surface area contributed by atoms with E-state index in [0.29, 0.717) is 26.2 Å². The Hall–Kier alpha value is -2.78. The number of rotatable bonds is 5. The van der Waals surface area contributed by atoms with Crippen LogP contribution < -0.4 is 10.9 Å². The molecule has 2 heterocycles. The molecule has 134 valence electrons. The lowest BCUT2D eigenvalue weighted by atomic mass is 10.2. The fourth-order valence-electron chi connectivity index (χ4n) is 2.09. The average molecular weight is 393 g/mol. The van der Waals surface area contributed by atoms with Crippen molar-refractivity contribution in [1.82, 2.24) is 19.9 Å². The number of nitrogens with zero attached hydrogens (tertiary/aromatic N) is 3. The molecule has 0 bridgehead atoms. The van der Waals surface area contributed by atoms with Gasteiger partial charge in [0.25, 0.3) is 11.5 Å². The molecular weight excluding hydrogens is 380 g/mol. The lowest BCUT2D eigenvalue weighted by molar-refractivity contribution is -0.143. The van der Waals surface area contributed by atoms with Crippen molar-refractivity contribution in [2.24, 2.45) is 0 Å². The number of carbonyl (C=O) groups is 2. The van der Waals surface area contributed by atoms with Crippen molar-refractivity contribution < 1.29 is 14.3 Å². The molecule has 0 radical (unpaired) electrons. The molecule has 1 aromatic carbocycles. The highest BCUT2D eigenvalue weighted by Crippen LogP contribution is 2.10. The summed E-state index contributed by atoms with van der Waals surface area (Å²) < 4.78 is 6.24. The fourth-order valence-corrected chi connectivity index (χ4v) is 2.98. The Balaban J connectivity index is 1.55. The van der Waals surface area contributed by atoms with Gasteiger partial charge in [-0.2, -0.15) is 9.61 Å². The standard InChI is InChI=1S/C16H13ClN4O4S/c1-9-20-21-13(22)6-12(19-16(21)26-9)8-25-14(23)7-18-15(24)10-2-4-11(17)5-3-10/h2-6H,7-8H2,1H3,(H,18,24). The number of carbonyl (C=O) groups excluding carboxylic acids is 2. The Morgan fingerprint density at radius 2 is 2.04 bits per heavy atom. The van der Waals surface area contributed by atoms with Gasteiger partial charge in [0.2, 0.25) is 4.96 Å². The molecule has 0 saturated heterocycles. The predicted octanol–water partition coefficient (Wildman–Crippen LogP) is 1.59. The van der Waals surface area contributed by atoms with Crippen LogP contribution in [0, 0.1) is 6.92 Å². The quantitative estimate of drug-likeness (QED) is 0.661. The smallest absolute Gasteiger partial charge is 0.325 e. The van der Waals surface area contributed by atoms with Crippen LogP contribution in [0.4, 0.5) is 0 Å². The fraction of sp³-hybridized carbons (Fsp3) is 0.188. The van der Waals surface area contributed by atoms with Crippen LogP contribution in [0.15, 0.2) is 35.1 Å². The lowest BCUT2D eigenvalue weighted by Gasteiger charge is -2.06. The predicted molar refractivity (Wildman–Crippen MR) is 95.5 cm³/mol. The molecule has 2 aromatic heterocycles. The van der Waals surface area contributed by atoms with Crippen molar-refractivity contribution in [2.75, 3.05) is 6.54 Å². The first kappa shape index (κ1) is 18.0. The van der Waals surface area contributed by atoms with Crippen LogP contribution in [0.1, 0.15) is 21.1 Å². The Bertz CT molecular complexity index is 1030. The molecule has 0 aliphatic carbocycles. The van der Waals surface area contributed by atoms with E-state index in [2.05, 4.69) is 15.4 Å². The van der Waals surface area contributed by atoms with E-state index in [1.54, 1.807) is 31.2 Å². The normalized spacial score (nSPS) is 10.7. The number of aryl methyl sites for hydroxylation is 1. The van der Waals surface area contributed by atoms with E-state index in [0.717, 1.165) is 0 Å². The van der Waals surface area contributed by atoms with Crippen LogP contribution in [0.25, 0.3) is 4.96 Å². The average Bonchev–Trinajstić information content (AvgIpc) is 2.99. The van der Waals surface area contributed by atoms with Gasteiger partial charge >= 0.3 is 5.97 Å². The van der Waals surface area contributed by atoms with Gasteiger partial charge in [0.1, 0.15) is 18.2 Å². The molecule has 0 atom stereocenters. The van der Waals surface area contributed by atoms with Crippen LogP contribution in [-0.2, 0) is 16.1 Å². The minimum Gasteiger partial charge on any atom is -0.458 e. The van der Waals surface area contributed by atoms with Gasteiger partial charge in [-0.15, -0.1) is 0 Å². The molecule has 0 spiro atoms. The second-order valence-corrected chi connectivity index (χ2v) is 6.85. The molecule has 3 aromatic rings. The molecule has 0 unspecified atom stereocenters.